The number of nitrogens with zero attached hydrogens (tertiary/aromatic N) is 1. The van der Waals surface area contributed by atoms with E-state index in [-0.39, 0.29) is 17.0 Å². The van der Waals surface area contributed by atoms with Gasteiger partial charge in [-0.05, 0) is 38.1 Å². The summed E-state index contributed by atoms with van der Waals surface area (Å²) in [5.74, 6) is -1.08. The van der Waals surface area contributed by atoms with E-state index >= 15 is 0 Å². The number of carbonyl (C=O) groups is 1. The van der Waals surface area contributed by atoms with Gasteiger partial charge >= 0.3 is 5.97 Å². The Balaban J connectivity index is 2.28. The van der Waals surface area contributed by atoms with E-state index in [2.05, 4.69) is 0 Å². The van der Waals surface area contributed by atoms with Gasteiger partial charge in [-0.1, -0.05) is 0 Å². The number of benzene rings is 1. The second kappa shape index (κ2) is 5.16. The van der Waals surface area contributed by atoms with Crippen molar-refractivity contribution in [2.75, 3.05) is 19.7 Å². The highest BCUT2D eigenvalue weighted by Gasteiger charge is 2.34. The van der Waals surface area contributed by atoms with Gasteiger partial charge in [0.25, 0.3) is 0 Å². The Morgan fingerprint density at radius 1 is 1.30 bits per heavy atom. The molecule has 1 fully saturated rings. The first kappa shape index (κ1) is 15.0. The number of rotatable bonds is 3. The molecule has 6 nitrogen and oxygen atoms in total. The molecule has 0 unspecified atom stereocenters. The summed E-state index contributed by atoms with van der Waals surface area (Å²) in [6.07, 6.45) is 0. The van der Waals surface area contributed by atoms with Crippen LogP contribution in [-0.2, 0) is 14.8 Å². The lowest BCUT2D eigenvalue weighted by molar-refractivity contribution is -0.0640. The molecular weight excluding hydrogens is 282 g/mol. The lowest BCUT2D eigenvalue weighted by Gasteiger charge is -2.37. The van der Waals surface area contributed by atoms with Crippen molar-refractivity contribution in [1.82, 2.24) is 4.31 Å². The normalized spacial score (nSPS) is 19.7. The minimum absolute atomic E-state index is 0.0613. The highest BCUT2D eigenvalue weighted by molar-refractivity contribution is 7.89. The zero-order chi connectivity index (χ0) is 15.0. The molecule has 1 aliphatic heterocycles. The fourth-order valence-electron chi connectivity index (χ4n) is 2.10. The van der Waals surface area contributed by atoms with Crippen LogP contribution in [0.25, 0.3) is 0 Å². The van der Waals surface area contributed by atoms with Crippen LogP contribution < -0.4 is 0 Å². The van der Waals surface area contributed by atoms with Gasteiger partial charge < -0.3 is 9.84 Å². The molecule has 1 saturated heterocycles. The largest absolute Gasteiger partial charge is 0.478 e. The molecule has 0 atom stereocenters. The van der Waals surface area contributed by atoms with Gasteiger partial charge in [0.1, 0.15) is 0 Å². The third kappa shape index (κ3) is 3.00. The summed E-state index contributed by atoms with van der Waals surface area (Å²) in [6.45, 7) is 4.59. The summed E-state index contributed by atoms with van der Waals surface area (Å²) in [5.41, 5.74) is -0.460. The molecular formula is C13H17NO5S. The van der Waals surface area contributed by atoms with Gasteiger partial charge in [-0.15, -0.1) is 0 Å². The highest BCUT2D eigenvalue weighted by Crippen LogP contribution is 2.23. The average molecular weight is 299 g/mol. The molecule has 1 N–H and O–H groups in total. The van der Waals surface area contributed by atoms with Crippen molar-refractivity contribution in [1.29, 1.82) is 0 Å². The van der Waals surface area contributed by atoms with Crippen LogP contribution in [0.15, 0.2) is 29.2 Å². The van der Waals surface area contributed by atoms with Gasteiger partial charge in [-0.25, -0.2) is 13.2 Å². The molecule has 2 rings (SSSR count). The molecule has 0 aromatic heterocycles. The van der Waals surface area contributed by atoms with Crippen LogP contribution in [0, 0.1) is 0 Å². The molecule has 110 valence electrons. The molecule has 7 heteroatoms. The first-order valence-corrected chi connectivity index (χ1v) is 7.64. The summed E-state index contributed by atoms with van der Waals surface area (Å²) in [5, 5.41) is 8.82. The number of hydrogen-bond donors (Lipinski definition) is 1. The summed E-state index contributed by atoms with van der Waals surface area (Å²) >= 11 is 0. The maximum atomic E-state index is 12.5. The number of sulfonamides is 1. The van der Waals surface area contributed by atoms with Crippen molar-refractivity contribution >= 4 is 16.0 Å². The first-order chi connectivity index (χ1) is 9.22. The third-order valence-corrected chi connectivity index (χ3v) is 4.99. The molecule has 20 heavy (non-hydrogen) atoms. The van der Waals surface area contributed by atoms with Gasteiger partial charge in [0, 0.05) is 13.1 Å². The van der Waals surface area contributed by atoms with Gasteiger partial charge in [-0.2, -0.15) is 4.31 Å². The predicted molar refractivity (Wildman–Crippen MR) is 72.2 cm³/mol. The van der Waals surface area contributed by atoms with E-state index in [1.807, 2.05) is 13.8 Å². The lowest BCUT2D eigenvalue weighted by atomic mass is 10.1. The second-order valence-electron chi connectivity index (χ2n) is 5.28. The standard InChI is InChI=1S/C13H17NO5S/c1-13(2)9-14(7-8-19-13)20(17,18)11-5-3-10(4-6-11)12(15)16/h3-6H,7-9H2,1-2H3,(H,15,16). The van der Waals surface area contributed by atoms with Crippen LogP contribution in [0.3, 0.4) is 0 Å². The van der Waals surface area contributed by atoms with Gasteiger partial charge in [0.2, 0.25) is 10.0 Å². The smallest absolute Gasteiger partial charge is 0.335 e. The zero-order valence-corrected chi connectivity index (χ0v) is 12.2. The Bertz CT molecular complexity index is 606. The molecule has 0 amide bonds. The summed E-state index contributed by atoms with van der Waals surface area (Å²) < 4.78 is 31.8. The monoisotopic (exact) mass is 299 g/mol. The van der Waals surface area contributed by atoms with E-state index in [1.165, 1.54) is 28.6 Å². The van der Waals surface area contributed by atoms with Gasteiger partial charge in [-0.3, -0.25) is 0 Å². The van der Waals surface area contributed by atoms with Crippen molar-refractivity contribution in [3.63, 3.8) is 0 Å². The van der Waals surface area contributed by atoms with E-state index < -0.39 is 21.6 Å². The predicted octanol–water partition coefficient (Wildman–Crippen LogP) is 1.18. The van der Waals surface area contributed by atoms with Crippen molar-refractivity contribution in [3.05, 3.63) is 29.8 Å². The van der Waals surface area contributed by atoms with Crippen LogP contribution >= 0.6 is 0 Å². The fourth-order valence-corrected chi connectivity index (χ4v) is 3.67. The molecule has 1 aromatic carbocycles. The summed E-state index contributed by atoms with van der Waals surface area (Å²) in [7, 11) is -3.62. The molecule has 0 saturated carbocycles. The number of hydrogen-bond acceptors (Lipinski definition) is 4. The molecule has 1 heterocycles. The Hall–Kier alpha value is -1.44. The Kier molecular flexibility index (Phi) is 3.86. The zero-order valence-electron chi connectivity index (χ0n) is 11.4. The van der Waals surface area contributed by atoms with Crippen molar-refractivity contribution in [3.8, 4) is 0 Å². The van der Waals surface area contributed by atoms with Crippen LogP contribution in [0.2, 0.25) is 0 Å². The maximum Gasteiger partial charge on any atom is 0.335 e. The summed E-state index contributed by atoms with van der Waals surface area (Å²) in [4.78, 5) is 10.9. The minimum Gasteiger partial charge on any atom is -0.478 e. The Morgan fingerprint density at radius 3 is 2.40 bits per heavy atom. The van der Waals surface area contributed by atoms with E-state index in [9.17, 15) is 13.2 Å². The minimum atomic E-state index is -3.62. The quantitative estimate of drug-likeness (QED) is 0.906. The van der Waals surface area contributed by atoms with Crippen LogP contribution in [0.4, 0.5) is 0 Å². The van der Waals surface area contributed by atoms with Crippen LogP contribution in [0.5, 0.6) is 0 Å². The molecule has 0 bridgehead atoms. The number of carboxylic acid groups (broad SMARTS) is 1. The maximum absolute atomic E-state index is 12.5. The SMILES string of the molecule is CC1(C)CN(S(=O)(=O)c2ccc(C(=O)O)cc2)CCO1. The van der Waals surface area contributed by atoms with E-state index in [4.69, 9.17) is 9.84 Å². The molecule has 1 aromatic rings. The lowest BCUT2D eigenvalue weighted by Crippen LogP contribution is -2.50. The Morgan fingerprint density at radius 2 is 1.90 bits per heavy atom. The van der Waals surface area contributed by atoms with Crippen molar-refractivity contribution in [2.45, 2.75) is 24.3 Å². The van der Waals surface area contributed by atoms with E-state index in [0.29, 0.717) is 13.2 Å². The first-order valence-electron chi connectivity index (χ1n) is 6.20. The number of morpholine rings is 1. The second-order valence-corrected chi connectivity index (χ2v) is 7.21. The fraction of sp³-hybridized carbons (Fsp3) is 0.462. The van der Waals surface area contributed by atoms with Gasteiger partial charge in [0.15, 0.2) is 0 Å². The van der Waals surface area contributed by atoms with E-state index in [1.54, 1.807) is 0 Å². The van der Waals surface area contributed by atoms with Gasteiger partial charge in [0.05, 0.1) is 22.7 Å². The van der Waals surface area contributed by atoms with Crippen molar-refractivity contribution < 1.29 is 23.1 Å². The van der Waals surface area contributed by atoms with E-state index in [0.717, 1.165) is 0 Å². The third-order valence-electron chi connectivity index (χ3n) is 3.13. The van der Waals surface area contributed by atoms with Crippen molar-refractivity contribution in [2.24, 2.45) is 0 Å². The number of carboxylic acids is 1. The topological polar surface area (TPSA) is 83.9 Å². The molecule has 1 aliphatic rings. The van der Waals surface area contributed by atoms with Crippen LogP contribution in [-0.4, -0.2) is 49.1 Å². The van der Waals surface area contributed by atoms with Crippen LogP contribution in [0.1, 0.15) is 24.2 Å². The number of aromatic carboxylic acids is 1. The highest BCUT2D eigenvalue weighted by atomic mass is 32.2. The summed E-state index contributed by atoms with van der Waals surface area (Å²) in [6, 6.07) is 5.23. The number of ether oxygens (including phenoxy) is 1. The Labute approximate surface area is 118 Å². The average Bonchev–Trinajstić information content (AvgIpc) is 2.37. The molecule has 0 aliphatic carbocycles. The molecule has 0 spiro atoms. The molecule has 0 radical (unpaired) electrons.